The number of anilines is 1. The molecule has 2 rings (SSSR count). The quantitative estimate of drug-likeness (QED) is 0.840. The molecule has 0 bridgehead atoms. The van der Waals surface area contributed by atoms with E-state index in [4.69, 9.17) is 0 Å². The summed E-state index contributed by atoms with van der Waals surface area (Å²) in [6.07, 6.45) is 4.23. The van der Waals surface area contributed by atoms with E-state index in [9.17, 15) is 14.3 Å². The Bertz CT molecular complexity index is 512. The van der Waals surface area contributed by atoms with E-state index in [0.29, 0.717) is 17.1 Å². The Morgan fingerprint density at radius 2 is 2.29 bits per heavy atom. The van der Waals surface area contributed by atoms with Crippen molar-refractivity contribution in [1.29, 1.82) is 0 Å². The lowest BCUT2D eigenvalue weighted by atomic mass is 10.1. The molecule has 21 heavy (non-hydrogen) atoms. The maximum absolute atomic E-state index is 13.7. The van der Waals surface area contributed by atoms with Crippen LogP contribution in [0.25, 0.3) is 0 Å². The van der Waals surface area contributed by atoms with E-state index >= 15 is 0 Å². The number of rotatable bonds is 4. The van der Waals surface area contributed by atoms with Crippen LogP contribution < -0.4 is 5.32 Å². The van der Waals surface area contributed by atoms with Crippen molar-refractivity contribution < 1.29 is 14.3 Å². The van der Waals surface area contributed by atoms with Crippen LogP contribution in [0.4, 0.5) is 14.9 Å². The first-order valence-electron chi connectivity index (χ1n) is 7.05. The molecule has 0 spiro atoms. The highest BCUT2D eigenvalue weighted by molar-refractivity contribution is 7.98. The predicted molar refractivity (Wildman–Crippen MR) is 83.2 cm³/mol. The van der Waals surface area contributed by atoms with Crippen LogP contribution >= 0.6 is 11.8 Å². The first-order chi connectivity index (χ1) is 10.0. The lowest BCUT2D eigenvalue weighted by Gasteiger charge is -2.23. The van der Waals surface area contributed by atoms with E-state index in [-0.39, 0.29) is 23.9 Å². The summed E-state index contributed by atoms with van der Waals surface area (Å²) in [6, 6.07) is 4.37. The number of thioether (sulfide) groups is 1. The lowest BCUT2D eigenvalue weighted by molar-refractivity contribution is 0.116. The Labute approximate surface area is 128 Å². The Morgan fingerprint density at radius 1 is 1.52 bits per heavy atom. The van der Waals surface area contributed by atoms with E-state index in [0.717, 1.165) is 19.3 Å². The van der Waals surface area contributed by atoms with Gasteiger partial charge in [-0.3, -0.25) is 0 Å². The third-order valence-corrected chi connectivity index (χ3v) is 4.65. The fraction of sp³-hybridized carbons (Fsp3) is 0.533. The van der Waals surface area contributed by atoms with Crippen LogP contribution in [0.1, 0.15) is 19.3 Å². The first-order valence-corrected chi connectivity index (χ1v) is 8.27. The number of carbonyl (C=O) groups is 1. The molecule has 0 saturated heterocycles. The van der Waals surface area contributed by atoms with Gasteiger partial charge in [-0.2, -0.15) is 0 Å². The number of benzene rings is 1. The number of urea groups is 1. The van der Waals surface area contributed by atoms with Gasteiger partial charge >= 0.3 is 6.03 Å². The molecule has 1 aliphatic rings. The summed E-state index contributed by atoms with van der Waals surface area (Å²) in [7, 11) is 1.69. The molecule has 2 N–H and O–H groups in total. The minimum Gasteiger partial charge on any atom is -0.393 e. The summed E-state index contributed by atoms with van der Waals surface area (Å²) in [6.45, 7) is 0.512. The van der Waals surface area contributed by atoms with Crippen molar-refractivity contribution in [1.82, 2.24) is 4.90 Å². The van der Waals surface area contributed by atoms with Crippen LogP contribution in [0.2, 0.25) is 0 Å². The Hall–Kier alpha value is -1.27. The minimum atomic E-state index is -0.339. The van der Waals surface area contributed by atoms with Gasteiger partial charge in [0, 0.05) is 30.1 Å². The molecule has 0 radical (unpaired) electrons. The average Bonchev–Trinajstić information content (AvgIpc) is 2.84. The van der Waals surface area contributed by atoms with Crippen molar-refractivity contribution >= 4 is 23.5 Å². The van der Waals surface area contributed by atoms with Gasteiger partial charge in [0.15, 0.2) is 0 Å². The van der Waals surface area contributed by atoms with Gasteiger partial charge in [0.2, 0.25) is 0 Å². The highest BCUT2D eigenvalue weighted by atomic mass is 32.2. The van der Waals surface area contributed by atoms with Gasteiger partial charge < -0.3 is 15.3 Å². The molecule has 1 saturated carbocycles. The van der Waals surface area contributed by atoms with Crippen molar-refractivity contribution in [2.75, 3.05) is 25.2 Å². The van der Waals surface area contributed by atoms with Gasteiger partial charge in [-0.15, -0.1) is 11.8 Å². The second-order valence-corrected chi connectivity index (χ2v) is 6.27. The molecule has 2 atom stereocenters. The van der Waals surface area contributed by atoms with Crippen LogP contribution in [-0.4, -0.2) is 42.0 Å². The van der Waals surface area contributed by atoms with Crippen LogP contribution in [0.15, 0.2) is 23.1 Å². The van der Waals surface area contributed by atoms with Gasteiger partial charge in [-0.1, -0.05) is 6.42 Å². The highest BCUT2D eigenvalue weighted by Gasteiger charge is 2.27. The number of aliphatic hydroxyl groups excluding tert-OH is 1. The van der Waals surface area contributed by atoms with Gasteiger partial charge in [0.05, 0.1) is 6.10 Å². The SMILES string of the molecule is CSc1ccc(NC(=O)N(C)CC2CCCC2O)cc1F. The number of hydrogen-bond acceptors (Lipinski definition) is 3. The van der Waals surface area contributed by atoms with Crippen LogP contribution in [0.5, 0.6) is 0 Å². The molecule has 4 nitrogen and oxygen atoms in total. The molecular formula is C15H21FN2O2S. The third-order valence-electron chi connectivity index (χ3n) is 3.88. The summed E-state index contributed by atoms with van der Waals surface area (Å²) in [5, 5.41) is 12.5. The summed E-state index contributed by atoms with van der Waals surface area (Å²) in [5.41, 5.74) is 0.439. The van der Waals surface area contributed by atoms with E-state index in [1.807, 2.05) is 0 Å². The second kappa shape index (κ2) is 7.13. The zero-order chi connectivity index (χ0) is 15.4. The van der Waals surface area contributed by atoms with Crippen molar-refractivity contribution in [2.24, 2.45) is 5.92 Å². The topological polar surface area (TPSA) is 52.6 Å². The van der Waals surface area contributed by atoms with Gasteiger partial charge in [-0.25, -0.2) is 9.18 Å². The van der Waals surface area contributed by atoms with Crippen molar-refractivity contribution in [3.8, 4) is 0 Å². The molecule has 1 aliphatic carbocycles. The number of carbonyl (C=O) groups excluding carboxylic acids is 1. The third kappa shape index (κ3) is 4.11. The summed E-state index contributed by atoms with van der Waals surface area (Å²) in [5.74, 6) is -0.203. The van der Waals surface area contributed by atoms with Gasteiger partial charge in [-0.05, 0) is 37.3 Å². The molecule has 0 aliphatic heterocycles. The molecule has 0 aromatic heterocycles. The Morgan fingerprint density at radius 3 is 2.86 bits per heavy atom. The number of aliphatic hydroxyl groups is 1. The molecule has 1 aromatic rings. The van der Waals surface area contributed by atoms with E-state index in [1.54, 1.807) is 30.3 Å². The maximum atomic E-state index is 13.7. The van der Waals surface area contributed by atoms with Crippen LogP contribution in [0, 0.1) is 11.7 Å². The van der Waals surface area contributed by atoms with E-state index < -0.39 is 0 Å². The number of hydrogen-bond donors (Lipinski definition) is 2. The molecule has 6 heteroatoms. The monoisotopic (exact) mass is 312 g/mol. The number of nitrogens with one attached hydrogen (secondary N) is 1. The maximum Gasteiger partial charge on any atom is 0.321 e. The molecule has 0 heterocycles. The van der Waals surface area contributed by atoms with Gasteiger partial charge in [0.25, 0.3) is 0 Å². The molecular weight excluding hydrogens is 291 g/mol. The van der Waals surface area contributed by atoms with Crippen LogP contribution in [-0.2, 0) is 0 Å². The fourth-order valence-corrected chi connectivity index (χ4v) is 3.09. The van der Waals surface area contributed by atoms with Gasteiger partial charge in [0.1, 0.15) is 5.82 Å². The molecule has 1 fully saturated rings. The first kappa shape index (κ1) is 16.1. The summed E-state index contributed by atoms with van der Waals surface area (Å²) < 4.78 is 13.7. The Balaban J connectivity index is 1.92. The smallest absolute Gasteiger partial charge is 0.321 e. The molecule has 116 valence electrons. The standard InChI is InChI=1S/C15H21FN2O2S/c1-18(9-10-4-3-5-13(10)19)15(20)17-11-6-7-14(21-2)12(16)8-11/h6-8,10,13,19H,3-5,9H2,1-2H3,(H,17,20). The summed E-state index contributed by atoms with van der Waals surface area (Å²) in [4.78, 5) is 14.2. The van der Waals surface area contributed by atoms with Crippen LogP contribution in [0.3, 0.4) is 0 Å². The fourth-order valence-electron chi connectivity index (χ4n) is 2.63. The number of amides is 2. The largest absolute Gasteiger partial charge is 0.393 e. The average molecular weight is 312 g/mol. The molecule has 2 unspecified atom stereocenters. The zero-order valence-electron chi connectivity index (χ0n) is 12.3. The lowest BCUT2D eigenvalue weighted by Crippen LogP contribution is -2.37. The zero-order valence-corrected chi connectivity index (χ0v) is 13.1. The van der Waals surface area contributed by atoms with E-state index in [1.165, 1.54) is 17.8 Å². The second-order valence-electron chi connectivity index (χ2n) is 5.42. The molecule has 2 amide bonds. The predicted octanol–water partition coefficient (Wildman–Crippen LogP) is 3.17. The van der Waals surface area contributed by atoms with Crippen molar-refractivity contribution in [2.45, 2.75) is 30.3 Å². The van der Waals surface area contributed by atoms with Crippen molar-refractivity contribution in [3.05, 3.63) is 24.0 Å². The van der Waals surface area contributed by atoms with E-state index in [2.05, 4.69) is 5.32 Å². The van der Waals surface area contributed by atoms with Crippen molar-refractivity contribution in [3.63, 3.8) is 0 Å². The minimum absolute atomic E-state index is 0.136. The Kier molecular flexibility index (Phi) is 5.47. The normalized spacial score (nSPS) is 21.3. The highest BCUT2D eigenvalue weighted by Crippen LogP contribution is 2.26. The number of nitrogens with zero attached hydrogens (tertiary/aromatic N) is 1. The molecule has 1 aromatic carbocycles. The summed E-state index contributed by atoms with van der Waals surface area (Å²) >= 11 is 1.32. The number of halogens is 1.